The second kappa shape index (κ2) is 14.9. The number of rotatable bonds is 4. The second-order valence-electron chi connectivity index (χ2n) is 10.5. The molecule has 0 aliphatic carbocycles. The molecule has 1 heterocycles. The number of ether oxygens (including phenoxy) is 4. The maximum Gasteiger partial charge on any atom is 0.405 e. The minimum absolute atomic E-state index is 0.0543. The monoisotopic (exact) mass is 560 g/mol. The standard InChI is InChI=1S/C30H44N2O8/c1-16-10-9-11-17(2)29(35)32-23-15-21(33)14-22(25(23)34)27(38-7)20(5)13-24(37-6)28(39-8)19(4)12-18(3)26(16)40-30(31)36/h9-12,14-16,19-20,24,26-28,33-34H,13H2,1-8H3,(H2,31,36)(H,32,35)/b10-9-,17-11+,18-12+/t16-,19-,20-,24-,26?,27+,28+/m0/s1. The van der Waals surface area contributed by atoms with Gasteiger partial charge in [-0.1, -0.05) is 45.1 Å². The van der Waals surface area contributed by atoms with Crippen molar-refractivity contribution in [2.75, 3.05) is 26.6 Å². The van der Waals surface area contributed by atoms with E-state index in [1.807, 2.05) is 33.8 Å². The molecule has 1 aromatic rings. The van der Waals surface area contributed by atoms with Crippen LogP contribution < -0.4 is 11.1 Å². The van der Waals surface area contributed by atoms with Crippen molar-refractivity contribution in [2.45, 2.75) is 65.5 Å². The number of carbonyl (C=O) groups excluding carboxylic acids is 2. The number of hydrogen-bond donors (Lipinski definition) is 4. The van der Waals surface area contributed by atoms with Crippen molar-refractivity contribution in [3.05, 3.63) is 53.1 Å². The molecule has 2 bridgehead atoms. The summed E-state index contributed by atoms with van der Waals surface area (Å²) in [6.07, 6.45) is 4.64. The van der Waals surface area contributed by atoms with Crippen LogP contribution in [0.2, 0.25) is 0 Å². The van der Waals surface area contributed by atoms with Crippen LogP contribution >= 0.6 is 0 Å². The lowest BCUT2D eigenvalue weighted by molar-refractivity contribution is -0.112. The largest absolute Gasteiger partial charge is 0.508 e. The molecule has 1 unspecified atom stereocenters. The van der Waals surface area contributed by atoms with Gasteiger partial charge in [0.15, 0.2) is 0 Å². The number of anilines is 1. The Morgan fingerprint density at radius 1 is 1.00 bits per heavy atom. The van der Waals surface area contributed by atoms with Crippen LogP contribution in [0.15, 0.2) is 47.6 Å². The Morgan fingerprint density at radius 2 is 1.68 bits per heavy atom. The summed E-state index contributed by atoms with van der Waals surface area (Å²) in [4.78, 5) is 24.6. The number of phenolic OH excluding ortho intramolecular Hbond substituents is 2. The summed E-state index contributed by atoms with van der Waals surface area (Å²) in [5, 5.41) is 24.2. The Morgan fingerprint density at radius 3 is 2.25 bits per heavy atom. The summed E-state index contributed by atoms with van der Waals surface area (Å²) < 4.78 is 23.0. The summed E-state index contributed by atoms with van der Waals surface area (Å²) >= 11 is 0. The Hall–Kier alpha value is -3.34. The van der Waals surface area contributed by atoms with Crippen LogP contribution in [0.5, 0.6) is 11.5 Å². The lowest BCUT2D eigenvalue weighted by atomic mass is 9.86. The zero-order valence-corrected chi connectivity index (χ0v) is 24.6. The maximum absolute atomic E-state index is 12.9. The van der Waals surface area contributed by atoms with Crippen molar-refractivity contribution in [1.29, 1.82) is 0 Å². The van der Waals surface area contributed by atoms with Gasteiger partial charge in [0.05, 0.1) is 24.0 Å². The topological polar surface area (TPSA) is 150 Å². The van der Waals surface area contributed by atoms with Crippen molar-refractivity contribution in [3.63, 3.8) is 0 Å². The van der Waals surface area contributed by atoms with Gasteiger partial charge in [0.25, 0.3) is 5.91 Å². The van der Waals surface area contributed by atoms with Crippen LogP contribution in [0.3, 0.4) is 0 Å². The van der Waals surface area contributed by atoms with Gasteiger partial charge in [-0.3, -0.25) is 4.79 Å². The molecule has 2 rings (SSSR count). The summed E-state index contributed by atoms with van der Waals surface area (Å²) in [5.74, 6) is -1.43. The van der Waals surface area contributed by atoms with Crippen molar-refractivity contribution >= 4 is 17.7 Å². The molecule has 1 aromatic carbocycles. The highest BCUT2D eigenvalue weighted by molar-refractivity contribution is 6.04. The van der Waals surface area contributed by atoms with Crippen LogP contribution in [0.25, 0.3) is 0 Å². The molecule has 0 spiro atoms. The van der Waals surface area contributed by atoms with Crippen molar-refractivity contribution < 1.29 is 38.7 Å². The number of allylic oxidation sites excluding steroid dienone is 2. The highest BCUT2D eigenvalue weighted by Gasteiger charge is 2.33. The van der Waals surface area contributed by atoms with E-state index < -0.39 is 24.2 Å². The number of amides is 2. The van der Waals surface area contributed by atoms with E-state index in [4.69, 9.17) is 24.7 Å². The summed E-state index contributed by atoms with van der Waals surface area (Å²) in [7, 11) is 4.73. The molecule has 7 atom stereocenters. The first-order valence-corrected chi connectivity index (χ1v) is 13.3. The van der Waals surface area contributed by atoms with Crippen LogP contribution in [0.4, 0.5) is 10.5 Å². The first-order chi connectivity index (χ1) is 18.8. The predicted molar refractivity (Wildman–Crippen MR) is 153 cm³/mol. The first-order valence-electron chi connectivity index (χ1n) is 13.3. The summed E-state index contributed by atoms with van der Waals surface area (Å²) in [6.45, 7) is 9.30. The van der Waals surface area contributed by atoms with Crippen LogP contribution in [-0.2, 0) is 23.7 Å². The molecule has 10 nitrogen and oxygen atoms in total. The van der Waals surface area contributed by atoms with Gasteiger partial charge in [-0.2, -0.15) is 0 Å². The zero-order valence-electron chi connectivity index (χ0n) is 24.6. The van der Waals surface area contributed by atoms with Crippen molar-refractivity contribution in [2.24, 2.45) is 23.5 Å². The van der Waals surface area contributed by atoms with Gasteiger partial charge in [-0.05, 0) is 37.8 Å². The van der Waals surface area contributed by atoms with Crippen molar-refractivity contribution in [1.82, 2.24) is 0 Å². The fourth-order valence-electron chi connectivity index (χ4n) is 5.30. The maximum atomic E-state index is 12.9. The number of nitrogens with one attached hydrogen (secondary N) is 1. The molecule has 0 fully saturated rings. The normalized spacial score (nSPS) is 32.2. The SMILES string of the molecule is CO[C@H]1[C@@H](OC)C[C@H](C)[C@@H](OC)c2cc(O)cc(c2O)NC(=O)/C(C)=C/C=C\[C@H](C)C(OC(N)=O)/C(C)=C/[C@@H]1C. The van der Waals surface area contributed by atoms with E-state index >= 15 is 0 Å². The lowest BCUT2D eigenvalue weighted by Crippen LogP contribution is -2.37. The van der Waals surface area contributed by atoms with Crippen LogP contribution in [-0.4, -0.2) is 61.9 Å². The van der Waals surface area contributed by atoms with Gasteiger partial charge < -0.3 is 40.2 Å². The van der Waals surface area contributed by atoms with Crippen LogP contribution in [0.1, 0.15) is 52.7 Å². The smallest absolute Gasteiger partial charge is 0.405 e. The number of nitrogens with two attached hydrogens (primary N) is 1. The average molecular weight is 561 g/mol. The van der Waals surface area contributed by atoms with E-state index in [1.165, 1.54) is 19.2 Å². The first kappa shape index (κ1) is 32.9. The molecule has 1 aliphatic heterocycles. The molecular weight excluding hydrogens is 516 g/mol. The fourth-order valence-corrected chi connectivity index (χ4v) is 5.30. The average Bonchev–Trinajstić information content (AvgIpc) is 2.88. The minimum Gasteiger partial charge on any atom is -0.508 e. The molecule has 10 heteroatoms. The molecule has 40 heavy (non-hydrogen) atoms. The number of fused-ring (bicyclic) bond motifs is 2. The van der Waals surface area contributed by atoms with Gasteiger partial charge in [0.1, 0.15) is 17.6 Å². The third-order valence-electron chi connectivity index (χ3n) is 7.33. The quantitative estimate of drug-likeness (QED) is 0.229. The number of aromatic hydroxyl groups is 2. The summed E-state index contributed by atoms with van der Waals surface area (Å²) in [6, 6.07) is 2.71. The highest BCUT2D eigenvalue weighted by atomic mass is 16.6. The second-order valence-corrected chi connectivity index (χ2v) is 10.5. The molecule has 0 saturated heterocycles. The van der Waals surface area contributed by atoms with Crippen molar-refractivity contribution in [3.8, 4) is 11.5 Å². The van der Waals surface area contributed by atoms with E-state index in [0.717, 1.165) is 5.57 Å². The zero-order chi connectivity index (χ0) is 30.1. The number of carbonyl (C=O) groups is 2. The highest BCUT2D eigenvalue weighted by Crippen LogP contribution is 2.42. The van der Waals surface area contributed by atoms with Gasteiger partial charge >= 0.3 is 6.09 Å². The van der Waals surface area contributed by atoms with E-state index in [9.17, 15) is 19.8 Å². The molecule has 5 N–H and O–H groups in total. The lowest BCUT2D eigenvalue weighted by Gasteiger charge is -2.33. The number of methoxy groups -OCH3 is 3. The Labute approximate surface area is 236 Å². The number of primary amides is 1. The third-order valence-corrected chi connectivity index (χ3v) is 7.33. The molecule has 2 amide bonds. The Kier molecular flexibility index (Phi) is 12.2. The van der Waals surface area contributed by atoms with Gasteiger partial charge in [-0.15, -0.1) is 0 Å². The van der Waals surface area contributed by atoms with Gasteiger partial charge in [-0.25, -0.2) is 4.79 Å². The number of phenols is 2. The Balaban J connectivity index is 2.67. The minimum atomic E-state index is -0.891. The molecule has 0 radical (unpaired) electrons. The molecule has 0 aromatic heterocycles. The van der Waals surface area contributed by atoms with Crippen LogP contribution in [0, 0.1) is 17.8 Å². The third kappa shape index (κ3) is 8.33. The van der Waals surface area contributed by atoms with E-state index in [1.54, 1.807) is 39.4 Å². The Bertz CT molecular complexity index is 1130. The fraction of sp³-hybridized carbons (Fsp3) is 0.533. The number of hydrogen-bond acceptors (Lipinski definition) is 8. The van der Waals surface area contributed by atoms with Gasteiger partial charge in [0.2, 0.25) is 0 Å². The molecular formula is C30H44N2O8. The van der Waals surface area contributed by atoms with E-state index in [2.05, 4.69) is 5.32 Å². The van der Waals surface area contributed by atoms with Gasteiger partial charge in [0, 0.05) is 50.4 Å². The number of benzene rings is 1. The van der Waals surface area contributed by atoms with E-state index in [0.29, 0.717) is 17.6 Å². The molecule has 222 valence electrons. The van der Waals surface area contributed by atoms with E-state index in [-0.39, 0.29) is 47.1 Å². The molecule has 1 aliphatic rings. The predicted octanol–water partition coefficient (Wildman–Crippen LogP) is 4.98. The summed E-state index contributed by atoms with van der Waals surface area (Å²) in [5.41, 5.74) is 6.91. The molecule has 0 saturated carbocycles.